The molecule has 2 aromatic carbocycles. The molecule has 0 heterocycles. The number of nitrogens with one attached hydrogen (secondary N) is 1. The molecule has 0 saturated heterocycles. The first kappa shape index (κ1) is 27.1. The molecule has 1 N–H and O–H groups in total. The van der Waals surface area contributed by atoms with Gasteiger partial charge in [-0.1, -0.05) is 29.8 Å². The van der Waals surface area contributed by atoms with E-state index in [1.165, 1.54) is 17.0 Å². The van der Waals surface area contributed by atoms with Crippen molar-refractivity contribution in [3.63, 3.8) is 0 Å². The summed E-state index contributed by atoms with van der Waals surface area (Å²) in [5.41, 5.74) is 0.828. The van der Waals surface area contributed by atoms with E-state index in [1.807, 2.05) is 0 Å². The molecule has 34 heavy (non-hydrogen) atoms. The predicted octanol–water partition coefficient (Wildman–Crippen LogP) is 2.88. The monoisotopic (exact) mass is 510 g/mol. The van der Waals surface area contributed by atoms with Crippen molar-refractivity contribution in [1.82, 2.24) is 10.2 Å². The second kappa shape index (κ2) is 11.3. The minimum atomic E-state index is -4.00. The molecule has 0 spiro atoms. The van der Waals surface area contributed by atoms with Crippen molar-refractivity contribution >= 4 is 44.8 Å². The first-order chi connectivity index (χ1) is 15.8. The molecule has 2 rings (SSSR count). The van der Waals surface area contributed by atoms with Gasteiger partial charge in [-0.05, 0) is 44.0 Å². The normalized spacial score (nSPS) is 12.0. The van der Waals surface area contributed by atoms with E-state index in [2.05, 4.69) is 5.32 Å². The largest absolute Gasteiger partial charge is 0.355 e. The molecule has 1 atom stereocenters. The van der Waals surface area contributed by atoms with Crippen LogP contribution in [-0.2, 0) is 26.2 Å². The fourth-order valence-corrected chi connectivity index (χ4v) is 4.29. The minimum Gasteiger partial charge on any atom is -0.355 e. The molecule has 184 valence electrons. The number of nitrogens with zero attached hydrogens (tertiary/aromatic N) is 3. The number of hydrogen-bond acceptors (Lipinski definition) is 6. The summed E-state index contributed by atoms with van der Waals surface area (Å²) < 4.78 is 26.0. The number of benzene rings is 2. The van der Waals surface area contributed by atoms with Crippen molar-refractivity contribution in [2.24, 2.45) is 0 Å². The van der Waals surface area contributed by atoms with Crippen LogP contribution in [0.15, 0.2) is 42.5 Å². The average molecular weight is 511 g/mol. The maximum absolute atomic E-state index is 13.4. The third kappa shape index (κ3) is 6.91. The number of halogens is 1. The van der Waals surface area contributed by atoms with Gasteiger partial charge in [0, 0.05) is 30.2 Å². The van der Waals surface area contributed by atoms with Gasteiger partial charge in [0.15, 0.2) is 0 Å². The molecule has 0 saturated carbocycles. The number of sulfonamides is 1. The lowest BCUT2D eigenvalue weighted by Crippen LogP contribution is -2.51. The molecule has 0 aromatic heterocycles. The number of nitro groups is 1. The fourth-order valence-electron chi connectivity index (χ4n) is 3.27. The molecule has 2 aromatic rings. The first-order valence-corrected chi connectivity index (χ1v) is 12.6. The Morgan fingerprint density at radius 1 is 1.18 bits per heavy atom. The van der Waals surface area contributed by atoms with Gasteiger partial charge in [-0.15, -0.1) is 0 Å². The van der Waals surface area contributed by atoms with Crippen LogP contribution in [0.2, 0.25) is 5.02 Å². The molecule has 0 bridgehead atoms. The van der Waals surface area contributed by atoms with Crippen molar-refractivity contribution in [1.29, 1.82) is 0 Å². The SMILES string of the molecule is CCNC(=O)[C@@H](C)N(Cc1ccc(Cl)cc1)C(=O)CN(c1cc([N+](=O)[O-])ccc1C)S(C)(=O)=O. The standard InChI is InChI=1S/C22H27ClN4O6S/c1-5-24-22(29)16(3)25(13-17-7-9-18(23)10-8-17)21(28)14-26(34(4,32)33)20-12-19(27(30)31)11-6-15(20)2/h6-12,16H,5,13-14H2,1-4H3,(H,24,29)/t16-/m1/s1. The number of amides is 2. The molecule has 0 unspecified atom stereocenters. The number of nitro benzene ring substituents is 1. The van der Waals surface area contributed by atoms with Gasteiger partial charge in [0.25, 0.3) is 5.69 Å². The van der Waals surface area contributed by atoms with Crippen molar-refractivity contribution in [3.8, 4) is 0 Å². The minimum absolute atomic E-state index is 0.0159. The van der Waals surface area contributed by atoms with Gasteiger partial charge in [-0.3, -0.25) is 24.0 Å². The Balaban J connectivity index is 2.46. The fraction of sp³-hybridized carbons (Fsp3) is 0.364. The predicted molar refractivity (Wildman–Crippen MR) is 130 cm³/mol. The van der Waals surface area contributed by atoms with Gasteiger partial charge in [0.05, 0.1) is 16.9 Å². The number of aryl methyl sites for hydroxylation is 1. The van der Waals surface area contributed by atoms with E-state index in [9.17, 15) is 28.1 Å². The Labute approximate surface area is 203 Å². The number of carbonyl (C=O) groups is 2. The molecule has 0 aliphatic carbocycles. The van der Waals surface area contributed by atoms with Gasteiger partial charge in [0.2, 0.25) is 21.8 Å². The summed E-state index contributed by atoms with van der Waals surface area (Å²) in [6.45, 7) is 4.62. The molecular formula is C22H27ClN4O6S. The van der Waals surface area contributed by atoms with Crippen LogP contribution in [-0.4, -0.2) is 55.4 Å². The van der Waals surface area contributed by atoms with Gasteiger partial charge in [0.1, 0.15) is 12.6 Å². The lowest BCUT2D eigenvalue weighted by atomic mass is 10.1. The highest BCUT2D eigenvalue weighted by Crippen LogP contribution is 2.28. The number of hydrogen-bond donors (Lipinski definition) is 1. The Bertz CT molecular complexity index is 1170. The highest BCUT2D eigenvalue weighted by Gasteiger charge is 2.31. The van der Waals surface area contributed by atoms with Crippen LogP contribution in [0.4, 0.5) is 11.4 Å². The molecule has 0 radical (unpaired) electrons. The highest BCUT2D eigenvalue weighted by atomic mass is 35.5. The van der Waals surface area contributed by atoms with Gasteiger partial charge < -0.3 is 10.2 Å². The van der Waals surface area contributed by atoms with Crippen LogP contribution in [0.3, 0.4) is 0 Å². The van der Waals surface area contributed by atoms with Crippen molar-refractivity contribution in [2.45, 2.75) is 33.4 Å². The summed E-state index contributed by atoms with van der Waals surface area (Å²) in [5.74, 6) is -1.05. The van der Waals surface area contributed by atoms with E-state index in [0.717, 1.165) is 16.6 Å². The lowest BCUT2D eigenvalue weighted by molar-refractivity contribution is -0.384. The average Bonchev–Trinajstić information content (AvgIpc) is 2.76. The Kier molecular flexibility index (Phi) is 9.00. The lowest BCUT2D eigenvalue weighted by Gasteiger charge is -2.31. The first-order valence-electron chi connectivity index (χ1n) is 10.4. The number of carbonyl (C=O) groups excluding carboxylic acids is 2. The zero-order valence-corrected chi connectivity index (χ0v) is 20.9. The van der Waals surface area contributed by atoms with Gasteiger partial charge in [-0.25, -0.2) is 8.42 Å². The zero-order chi connectivity index (χ0) is 25.6. The zero-order valence-electron chi connectivity index (χ0n) is 19.3. The summed E-state index contributed by atoms with van der Waals surface area (Å²) >= 11 is 5.94. The second-order valence-corrected chi connectivity index (χ2v) is 10.1. The Morgan fingerprint density at radius 2 is 1.79 bits per heavy atom. The molecule has 0 aliphatic heterocycles. The number of rotatable bonds is 10. The maximum Gasteiger partial charge on any atom is 0.271 e. The molecule has 10 nitrogen and oxygen atoms in total. The van der Waals surface area contributed by atoms with Crippen molar-refractivity contribution in [2.75, 3.05) is 23.7 Å². The summed E-state index contributed by atoms with van der Waals surface area (Å²) in [5, 5.41) is 14.4. The van der Waals surface area contributed by atoms with Crippen LogP contribution < -0.4 is 9.62 Å². The van der Waals surface area contributed by atoms with Crippen molar-refractivity contribution in [3.05, 3.63) is 68.7 Å². The van der Waals surface area contributed by atoms with E-state index in [1.54, 1.807) is 45.0 Å². The van der Waals surface area contributed by atoms with E-state index < -0.39 is 39.3 Å². The third-order valence-electron chi connectivity index (χ3n) is 5.14. The van der Waals surface area contributed by atoms with Gasteiger partial charge >= 0.3 is 0 Å². The smallest absolute Gasteiger partial charge is 0.271 e. The number of anilines is 1. The van der Waals surface area contributed by atoms with Gasteiger partial charge in [-0.2, -0.15) is 0 Å². The van der Waals surface area contributed by atoms with E-state index in [-0.39, 0.29) is 17.9 Å². The quantitative estimate of drug-likeness (QED) is 0.386. The van der Waals surface area contributed by atoms with Crippen molar-refractivity contribution < 1.29 is 22.9 Å². The topological polar surface area (TPSA) is 130 Å². The van der Waals surface area contributed by atoms with E-state index >= 15 is 0 Å². The van der Waals surface area contributed by atoms with Crippen LogP contribution in [0.25, 0.3) is 0 Å². The molecule has 12 heteroatoms. The molecule has 0 aliphatic rings. The molecule has 2 amide bonds. The molecular weight excluding hydrogens is 484 g/mol. The second-order valence-electron chi connectivity index (χ2n) is 7.72. The summed E-state index contributed by atoms with van der Waals surface area (Å²) in [7, 11) is -4.00. The number of non-ortho nitro benzene ring substituents is 1. The van der Waals surface area contributed by atoms with E-state index in [4.69, 9.17) is 11.6 Å². The summed E-state index contributed by atoms with van der Waals surface area (Å²) in [4.78, 5) is 37.8. The van der Waals surface area contributed by atoms with Crippen LogP contribution >= 0.6 is 11.6 Å². The highest BCUT2D eigenvalue weighted by molar-refractivity contribution is 7.92. The Hall–Kier alpha value is -3.18. The molecule has 0 fully saturated rings. The Morgan fingerprint density at radius 3 is 2.32 bits per heavy atom. The van der Waals surface area contributed by atoms with Crippen LogP contribution in [0.1, 0.15) is 25.0 Å². The third-order valence-corrected chi connectivity index (χ3v) is 6.51. The van der Waals surface area contributed by atoms with Crippen LogP contribution in [0, 0.1) is 17.0 Å². The summed E-state index contributed by atoms with van der Waals surface area (Å²) in [6.07, 6.45) is 0.912. The maximum atomic E-state index is 13.4. The number of likely N-dealkylation sites (N-methyl/N-ethyl adjacent to an activating group) is 1. The van der Waals surface area contributed by atoms with E-state index in [0.29, 0.717) is 22.7 Å². The van der Waals surface area contributed by atoms with Crippen LogP contribution in [0.5, 0.6) is 0 Å². The summed E-state index contributed by atoms with van der Waals surface area (Å²) in [6, 6.07) is 9.57.